The number of hydrogen-bond acceptors (Lipinski definition) is 5. The second kappa shape index (κ2) is 14.3. The molecular weight excluding hydrogens is 437 g/mol. The van der Waals surface area contributed by atoms with Gasteiger partial charge in [-0.05, 0) is 25.0 Å². The molecule has 0 bridgehead atoms. The Kier molecular flexibility index (Phi) is 12.7. The van der Waals surface area contributed by atoms with E-state index >= 15 is 0 Å². The van der Waals surface area contributed by atoms with Crippen LogP contribution in [0.5, 0.6) is 0 Å². The zero-order valence-corrected chi connectivity index (χ0v) is 17.2. The van der Waals surface area contributed by atoms with Crippen LogP contribution in [0.4, 0.5) is 0 Å². The maximum absolute atomic E-state index is 5.75. The summed E-state index contributed by atoms with van der Waals surface area (Å²) in [6.07, 6.45) is 4.67. The van der Waals surface area contributed by atoms with E-state index in [9.17, 15) is 0 Å². The normalized spacial score (nSPS) is 17.3. The molecule has 0 amide bonds. The highest BCUT2D eigenvalue weighted by Crippen LogP contribution is 2.08. The zero-order valence-electron chi connectivity index (χ0n) is 14.9. The van der Waals surface area contributed by atoms with Gasteiger partial charge < -0.3 is 29.3 Å². The van der Waals surface area contributed by atoms with Crippen molar-refractivity contribution in [2.45, 2.75) is 25.4 Å². The average Bonchev–Trinajstić information content (AvgIpc) is 3.28. The predicted molar refractivity (Wildman–Crippen MR) is 108 cm³/mol. The minimum Gasteiger partial charge on any atom is -0.469 e. The minimum absolute atomic E-state index is 0. The summed E-state index contributed by atoms with van der Waals surface area (Å²) in [5.74, 6) is 1.76. The van der Waals surface area contributed by atoms with Gasteiger partial charge >= 0.3 is 0 Å². The Morgan fingerprint density at radius 1 is 1.32 bits per heavy atom. The lowest BCUT2D eigenvalue weighted by Gasteiger charge is -2.12. The Bertz CT molecular complexity index is 451. The zero-order chi connectivity index (χ0) is 16.9. The van der Waals surface area contributed by atoms with E-state index in [-0.39, 0.29) is 30.1 Å². The van der Waals surface area contributed by atoms with E-state index < -0.39 is 0 Å². The van der Waals surface area contributed by atoms with Crippen LogP contribution in [0.25, 0.3) is 0 Å². The fraction of sp³-hybridized carbons (Fsp3) is 0.706. The van der Waals surface area contributed by atoms with E-state index in [2.05, 4.69) is 15.6 Å². The Morgan fingerprint density at radius 2 is 2.20 bits per heavy atom. The summed E-state index contributed by atoms with van der Waals surface area (Å²) in [6.45, 7) is 5.11. The van der Waals surface area contributed by atoms with Gasteiger partial charge in [0.2, 0.25) is 0 Å². The summed E-state index contributed by atoms with van der Waals surface area (Å²) < 4.78 is 21.4. The number of nitrogens with one attached hydrogen (secondary N) is 2. The summed E-state index contributed by atoms with van der Waals surface area (Å²) >= 11 is 0. The van der Waals surface area contributed by atoms with Crippen molar-refractivity contribution in [2.75, 3.05) is 53.2 Å². The SMILES string of the molecule is COCCNC(=NCCCOC1CCOC1)NCCc1ccco1.I. The lowest BCUT2D eigenvalue weighted by atomic mass is 10.3. The van der Waals surface area contributed by atoms with Crippen molar-refractivity contribution in [3.63, 3.8) is 0 Å². The third-order valence-electron chi connectivity index (χ3n) is 3.66. The topological polar surface area (TPSA) is 77.2 Å². The van der Waals surface area contributed by atoms with Crippen molar-refractivity contribution in [1.82, 2.24) is 10.6 Å². The van der Waals surface area contributed by atoms with Crippen LogP contribution in [0.1, 0.15) is 18.6 Å². The second-order valence-corrected chi connectivity index (χ2v) is 5.62. The average molecular weight is 467 g/mol. The van der Waals surface area contributed by atoms with E-state index in [0.29, 0.717) is 6.61 Å². The summed E-state index contributed by atoms with van der Waals surface area (Å²) in [5, 5.41) is 6.57. The molecule has 25 heavy (non-hydrogen) atoms. The summed E-state index contributed by atoms with van der Waals surface area (Å²) in [5.41, 5.74) is 0. The van der Waals surface area contributed by atoms with Crippen LogP contribution in [-0.4, -0.2) is 65.2 Å². The molecule has 8 heteroatoms. The molecule has 0 spiro atoms. The molecule has 0 radical (unpaired) electrons. The Morgan fingerprint density at radius 3 is 2.92 bits per heavy atom. The van der Waals surface area contributed by atoms with Crippen LogP contribution < -0.4 is 10.6 Å². The molecule has 0 aromatic carbocycles. The first-order valence-electron chi connectivity index (χ1n) is 8.61. The van der Waals surface area contributed by atoms with Crippen molar-refractivity contribution in [3.05, 3.63) is 24.2 Å². The molecular formula is C17H30IN3O4. The Balaban J connectivity index is 0.00000312. The van der Waals surface area contributed by atoms with E-state index in [4.69, 9.17) is 18.6 Å². The molecule has 7 nitrogen and oxygen atoms in total. The van der Waals surface area contributed by atoms with Gasteiger partial charge in [0, 0.05) is 46.4 Å². The molecule has 1 aliphatic rings. The molecule has 2 rings (SSSR count). The third kappa shape index (κ3) is 10.0. The Labute approximate surface area is 166 Å². The van der Waals surface area contributed by atoms with Crippen LogP contribution >= 0.6 is 24.0 Å². The first kappa shape index (κ1) is 22.2. The van der Waals surface area contributed by atoms with E-state index in [1.165, 1.54) is 0 Å². The molecule has 0 saturated carbocycles. The Hall–Kier alpha value is -0.840. The lowest BCUT2D eigenvalue weighted by molar-refractivity contribution is 0.0424. The molecule has 1 fully saturated rings. The number of furan rings is 1. The molecule has 144 valence electrons. The summed E-state index contributed by atoms with van der Waals surface area (Å²) in [7, 11) is 1.69. The first-order valence-corrected chi connectivity index (χ1v) is 8.61. The molecule has 1 atom stereocenters. The highest BCUT2D eigenvalue weighted by atomic mass is 127. The number of nitrogens with zero attached hydrogens (tertiary/aromatic N) is 1. The van der Waals surface area contributed by atoms with Crippen molar-refractivity contribution in [2.24, 2.45) is 4.99 Å². The maximum Gasteiger partial charge on any atom is 0.191 e. The van der Waals surface area contributed by atoms with Gasteiger partial charge in [0.25, 0.3) is 0 Å². The van der Waals surface area contributed by atoms with Gasteiger partial charge in [-0.25, -0.2) is 0 Å². The largest absolute Gasteiger partial charge is 0.469 e. The number of hydrogen-bond donors (Lipinski definition) is 2. The number of rotatable bonds is 11. The standard InChI is InChI=1S/C17H29N3O4.HI/c1-21-13-9-20-17(19-8-5-15-4-2-10-23-15)18-7-3-11-24-16-6-12-22-14-16;/h2,4,10,16H,3,5-9,11-14H2,1H3,(H2,18,19,20);1H. The third-order valence-corrected chi connectivity index (χ3v) is 3.66. The van der Waals surface area contributed by atoms with Gasteiger partial charge in [-0.3, -0.25) is 4.99 Å². The highest BCUT2D eigenvalue weighted by Gasteiger charge is 2.15. The van der Waals surface area contributed by atoms with Crippen LogP contribution in [0, 0.1) is 0 Å². The number of methoxy groups -OCH3 is 1. The van der Waals surface area contributed by atoms with Crippen LogP contribution in [0.3, 0.4) is 0 Å². The van der Waals surface area contributed by atoms with E-state index in [0.717, 1.165) is 70.4 Å². The van der Waals surface area contributed by atoms with Crippen LogP contribution in [0.2, 0.25) is 0 Å². The summed E-state index contributed by atoms with van der Waals surface area (Å²) in [4.78, 5) is 4.58. The molecule has 1 unspecified atom stereocenters. The van der Waals surface area contributed by atoms with Gasteiger partial charge in [0.1, 0.15) is 5.76 Å². The van der Waals surface area contributed by atoms with E-state index in [1.807, 2.05) is 12.1 Å². The van der Waals surface area contributed by atoms with Gasteiger partial charge in [0.15, 0.2) is 5.96 Å². The number of guanidine groups is 1. The van der Waals surface area contributed by atoms with Crippen molar-refractivity contribution < 1.29 is 18.6 Å². The maximum atomic E-state index is 5.75. The summed E-state index contributed by atoms with van der Waals surface area (Å²) in [6, 6.07) is 3.87. The predicted octanol–water partition coefficient (Wildman–Crippen LogP) is 1.82. The number of ether oxygens (including phenoxy) is 3. The molecule has 2 N–H and O–H groups in total. The quantitative estimate of drug-likeness (QED) is 0.224. The molecule has 1 aliphatic heterocycles. The lowest BCUT2D eigenvalue weighted by Crippen LogP contribution is -2.40. The number of halogens is 1. The van der Waals surface area contributed by atoms with Gasteiger partial charge in [0.05, 0.1) is 25.6 Å². The van der Waals surface area contributed by atoms with Crippen molar-refractivity contribution in [3.8, 4) is 0 Å². The number of aliphatic imine (C=N–C) groups is 1. The van der Waals surface area contributed by atoms with E-state index in [1.54, 1.807) is 13.4 Å². The van der Waals surface area contributed by atoms with Crippen LogP contribution in [0.15, 0.2) is 27.8 Å². The van der Waals surface area contributed by atoms with Crippen molar-refractivity contribution in [1.29, 1.82) is 0 Å². The second-order valence-electron chi connectivity index (χ2n) is 5.62. The fourth-order valence-electron chi connectivity index (χ4n) is 2.35. The van der Waals surface area contributed by atoms with Crippen molar-refractivity contribution >= 4 is 29.9 Å². The fourth-order valence-corrected chi connectivity index (χ4v) is 2.35. The molecule has 1 saturated heterocycles. The highest BCUT2D eigenvalue weighted by molar-refractivity contribution is 14.0. The molecule has 2 heterocycles. The van der Waals surface area contributed by atoms with Crippen LogP contribution in [-0.2, 0) is 20.6 Å². The van der Waals surface area contributed by atoms with Gasteiger partial charge in [-0.2, -0.15) is 0 Å². The minimum atomic E-state index is 0. The monoisotopic (exact) mass is 467 g/mol. The van der Waals surface area contributed by atoms with Gasteiger partial charge in [-0.1, -0.05) is 0 Å². The first-order chi connectivity index (χ1) is 11.9. The molecule has 1 aromatic rings. The smallest absolute Gasteiger partial charge is 0.191 e. The molecule has 1 aromatic heterocycles. The van der Waals surface area contributed by atoms with Gasteiger partial charge in [-0.15, -0.1) is 24.0 Å². The molecule has 0 aliphatic carbocycles.